The number of rotatable bonds is 3. The molecular formula is C16H14N4OS. The van der Waals surface area contributed by atoms with E-state index in [1.165, 1.54) is 0 Å². The zero-order valence-corrected chi connectivity index (χ0v) is 12.7. The molecule has 0 fully saturated rings. The van der Waals surface area contributed by atoms with Gasteiger partial charge in [0.1, 0.15) is 5.75 Å². The summed E-state index contributed by atoms with van der Waals surface area (Å²) in [5, 5.41) is 20.7. The number of benzene rings is 2. The molecule has 2 N–H and O–H groups in total. The molecule has 6 heteroatoms. The third-order valence-corrected chi connectivity index (χ3v) is 3.41. The summed E-state index contributed by atoms with van der Waals surface area (Å²) in [6.07, 6.45) is 1.67. The number of aromatic amines is 1. The lowest BCUT2D eigenvalue weighted by molar-refractivity contribution is 0.475. The van der Waals surface area contributed by atoms with Gasteiger partial charge in [0.25, 0.3) is 0 Å². The maximum atomic E-state index is 9.29. The van der Waals surface area contributed by atoms with Gasteiger partial charge in [-0.25, -0.2) is 5.10 Å². The SMILES string of the molecule is Cc1cccc(-c2n[nH]c(=S)n2N=Cc2ccc(O)cc2)c1. The normalized spacial score (nSPS) is 11.1. The van der Waals surface area contributed by atoms with Crippen LogP contribution in [-0.4, -0.2) is 26.2 Å². The Bertz CT molecular complexity index is 878. The number of nitrogens with zero attached hydrogens (tertiary/aromatic N) is 3. The van der Waals surface area contributed by atoms with E-state index in [9.17, 15) is 5.11 Å². The second-order valence-corrected chi connectivity index (χ2v) is 5.26. The number of aromatic nitrogens is 3. The lowest BCUT2D eigenvalue weighted by atomic mass is 10.1. The third kappa shape index (κ3) is 2.96. The van der Waals surface area contributed by atoms with Gasteiger partial charge in [-0.2, -0.15) is 14.9 Å². The fourth-order valence-corrected chi connectivity index (χ4v) is 2.23. The summed E-state index contributed by atoms with van der Waals surface area (Å²) in [6.45, 7) is 2.02. The number of nitrogens with one attached hydrogen (secondary N) is 1. The van der Waals surface area contributed by atoms with E-state index in [-0.39, 0.29) is 5.75 Å². The number of aromatic hydroxyl groups is 1. The Kier molecular flexibility index (Phi) is 3.84. The molecule has 2 aromatic carbocycles. The van der Waals surface area contributed by atoms with Gasteiger partial charge in [-0.15, -0.1) is 0 Å². The van der Waals surface area contributed by atoms with Gasteiger partial charge in [0.15, 0.2) is 5.82 Å². The highest BCUT2D eigenvalue weighted by atomic mass is 32.1. The summed E-state index contributed by atoms with van der Waals surface area (Å²) in [4.78, 5) is 0. The largest absolute Gasteiger partial charge is 0.508 e. The maximum Gasteiger partial charge on any atom is 0.216 e. The minimum Gasteiger partial charge on any atom is -0.508 e. The Morgan fingerprint density at radius 3 is 2.73 bits per heavy atom. The second kappa shape index (κ2) is 5.95. The van der Waals surface area contributed by atoms with Crippen LogP contribution in [0.2, 0.25) is 0 Å². The summed E-state index contributed by atoms with van der Waals surface area (Å²) >= 11 is 5.23. The lowest BCUT2D eigenvalue weighted by Gasteiger charge is -2.02. The molecule has 3 aromatic rings. The predicted octanol–water partition coefficient (Wildman–Crippen LogP) is 3.50. The molecule has 1 aromatic heterocycles. The van der Waals surface area contributed by atoms with E-state index in [4.69, 9.17) is 12.2 Å². The zero-order valence-electron chi connectivity index (χ0n) is 11.9. The Labute approximate surface area is 132 Å². The molecule has 110 valence electrons. The first kappa shape index (κ1) is 14.2. The topological polar surface area (TPSA) is 66.2 Å². The van der Waals surface area contributed by atoms with Gasteiger partial charge in [-0.3, -0.25) is 0 Å². The first-order valence-corrected chi connectivity index (χ1v) is 7.12. The predicted molar refractivity (Wildman–Crippen MR) is 88.7 cm³/mol. The van der Waals surface area contributed by atoms with Crippen LogP contribution in [0.3, 0.4) is 0 Å². The average Bonchev–Trinajstić information content (AvgIpc) is 2.88. The number of H-pyrrole nitrogens is 1. The summed E-state index contributed by atoms with van der Waals surface area (Å²) < 4.78 is 2.00. The van der Waals surface area contributed by atoms with Gasteiger partial charge in [0.05, 0.1) is 6.21 Å². The van der Waals surface area contributed by atoms with Crippen molar-refractivity contribution in [2.75, 3.05) is 0 Å². The lowest BCUT2D eigenvalue weighted by Crippen LogP contribution is -1.95. The number of hydrogen-bond donors (Lipinski definition) is 2. The molecule has 0 bridgehead atoms. The molecule has 0 spiro atoms. The van der Waals surface area contributed by atoms with E-state index in [1.54, 1.807) is 35.2 Å². The summed E-state index contributed by atoms with van der Waals surface area (Å²) in [5.41, 5.74) is 2.94. The molecule has 0 amide bonds. The molecule has 5 nitrogen and oxygen atoms in total. The van der Waals surface area contributed by atoms with Crippen LogP contribution in [0.4, 0.5) is 0 Å². The minimum atomic E-state index is 0.220. The molecule has 0 atom stereocenters. The van der Waals surface area contributed by atoms with Crippen LogP contribution in [0.15, 0.2) is 53.6 Å². The molecule has 0 saturated carbocycles. The Morgan fingerprint density at radius 1 is 1.23 bits per heavy atom. The summed E-state index contributed by atoms with van der Waals surface area (Å²) in [7, 11) is 0. The smallest absolute Gasteiger partial charge is 0.216 e. The Balaban J connectivity index is 1.99. The van der Waals surface area contributed by atoms with E-state index < -0.39 is 0 Å². The molecule has 0 aliphatic rings. The van der Waals surface area contributed by atoms with Gasteiger partial charge in [0.2, 0.25) is 4.77 Å². The number of phenolic OH excluding ortho intramolecular Hbond substituents is 1. The van der Waals surface area contributed by atoms with Crippen LogP contribution in [0, 0.1) is 11.7 Å². The van der Waals surface area contributed by atoms with Crippen LogP contribution >= 0.6 is 12.2 Å². The Morgan fingerprint density at radius 2 is 2.00 bits per heavy atom. The molecule has 22 heavy (non-hydrogen) atoms. The molecule has 0 aliphatic heterocycles. The van der Waals surface area contributed by atoms with Gasteiger partial charge in [-0.1, -0.05) is 23.8 Å². The standard InChI is InChI=1S/C16H14N4OS/c1-11-3-2-4-13(9-11)15-18-19-16(22)20(15)17-10-12-5-7-14(21)8-6-12/h2-10,21H,1H3,(H,19,22). The van der Waals surface area contributed by atoms with Gasteiger partial charge in [0, 0.05) is 5.56 Å². The van der Waals surface area contributed by atoms with Gasteiger partial charge < -0.3 is 5.11 Å². The molecule has 3 rings (SSSR count). The zero-order chi connectivity index (χ0) is 15.5. The number of hydrogen-bond acceptors (Lipinski definition) is 4. The highest BCUT2D eigenvalue weighted by molar-refractivity contribution is 7.71. The van der Waals surface area contributed by atoms with E-state index in [1.807, 2.05) is 31.2 Å². The van der Waals surface area contributed by atoms with Crippen molar-refractivity contribution in [3.8, 4) is 17.1 Å². The van der Waals surface area contributed by atoms with Crippen molar-refractivity contribution in [1.29, 1.82) is 0 Å². The van der Waals surface area contributed by atoms with Crippen molar-refractivity contribution in [3.05, 3.63) is 64.4 Å². The highest BCUT2D eigenvalue weighted by Crippen LogP contribution is 2.18. The molecule has 1 heterocycles. The van der Waals surface area contributed by atoms with Crippen LogP contribution < -0.4 is 0 Å². The first-order valence-electron chi connectivity index (χ1n) is 6.71. The Hall–Kier alpha value is -2.73. The molecule has 0 saturated heterocycles. The van der Waals surface area contributed by atoms with Crippen molar-refractivity contribution in [2.45, 2.75) is 6.92 Å². The summed E-state index contributed by atoms with van der Waals surface area (Å²) in [6, 6.07) is 14.7. The van der Waals surface area contributed by atoms with Crippen molar-refractivity contribution in [3.63, 3.8) is 0 Å². The fraction of sp³-hybridized carbons (Fsp3) is 0.0625. The monoisotopic (exact) mass is 310 g/mol. The second-order valence-electron chi connectivity index (χ2n) is 4.87. The van der Waals surface area contributed by atoms with Crippen LogP contribution in [0.25, 0.3) is 11.4 Å². The van der Waals surface area contributed by atoms with Gasteiger partial charge in [-0.05, 0) is 55.0 Å². The minimum absolute atomic E-state index is 0.220. The van der Waals surface area contributed by atoms with Crippen molar-refractivity contribution in [1.82, 2.24) is 14.9 Å². The molecule has 0 radical (unpaired) electrons. The average molecular weight is 310 g/mol. The molecule has 0 aliphatic carbocycles. The van der Waals surface area contributed by atoms with E-state index >= 15 is 0 Å². The van der Waals surface area contributed by atoms with Crippen LogP contribution in [0.5, 0.6) is 5.75 Å². The third-order valence-electron chi connectivity index (χ3n) is 3.14. The van der Waals surface area contributed by atoms with Crippen molar-refractivity contribution in [2.24, 2.45) is 5.10 Å². The number of phenols is 1. The van der Waals surface area contributed by atoms with Gasteiger partial charge >= 0.3 is 0 Å². The van der Waals surface area contributed by atoms with Crippen LogP contribution in [-0.2, 0) is 0 Å². The van der Waals surface area contributed by atoms with Crippen molar-refractivity contribution < 1.29 is 5.11 Å². The fourth-order valence-electron chi connectivity index (χ4n) is 2.05. The van der Waals surface area contributed by atoms with E-state index in [0.29, 0.717) is 10.6 Å². The van der Waals surface area contributed by atoms with Crippen molar-refractivity contribution >= 4 is 18.4 Å². The number of aryl methyl sites for hydroxylation is 1. The maximum absolute atomic E-state index is 9.29. The molecule has 0 unspecified atom stereocenters. The summed E-state index contributed by atoms with van der Waals surface area (Å²) in [5.74, 6) is 0.876. The van der Waals surface area contributed by atoms with Crippen LogP contribution in [0.1, 0.15) is 11.1 Å². The van der Waals surface area contributed by atoms with E-state index in [2.05, 4.69) is 15.3 Å². The van der Waals surface area contributed by atoms with E-state index in [0.717, 1.165) is 16.7 Å². The quantitative estimate of drug-likeness (QED) is 0.575. The highest BCUT2D eigenvalue weighted by Gasteiger charge is 2.07. The molecular weight excluding hydrogens is 296 g/mol. The first-order chi connectivity index (χ1) is 10.6.